The zero-order valence-corrected chi connectivity index (χ0v) is 15.5. The quantitative estimate of drug-likeness (QED) is 0.782. The molecule has 26 heavy (non-hydrogen) atoms. The number of aromatic nitrogens is 2. The van der Waals surface area contributed by atoms with E-state index < -0.39 is 0 Å². The summed E-state index contributed by atoms with van der Waals surface area (Å²) in [6.07, 6.45) is 8.67. The molecule has 0 radical (unpaired) electrons. The number of nitrogens with one attached hydrogen (secondary N) is 1. The fourth-order valence-electron chi connectivity index (χ4n) is 3.14. The number of pyridine rings is 1. The maximum atomic E-state index is 12.5. The maximum absolute atomic E-state index is 12.5. The lowest BCUT2D eigenvalue weighted by atomic mass is 9.96. The summed E-state index contributed by atoms with van der Waals surface area (Å²) in [5.41, 5.74) is 1.15. The minimum atomic E-state index is -0.320. The molecule has 0 bridgehead atoms. The van der Waals surface area contributed by atoms with Gasteiger partial charge < -0.3 is 10.1 Å². The van der Waals surface area contributed by atoms with Gasteiger partial charge in [-0.25, -0.2) is 4.98 Å². The molecule has 1 fully saturated rings. The van der Waals surface area contributed by atoms with Crippen LogP contribution in [0, 0.1) is 0 Å². The predicted octanol–water partition coefficient (Wildman–Crippen LogP) is 2.42. The van der Waals surface area contributed by atoms with Gasteiger partial charge in [0.1, 0.15) is 0 Å². The molecular formula is C18H22N4O3S. The van der Waals surface area contributed by atoms with Crippen molar-refractivity contribution in [3.05, 3.63) is 41.2 Å². The molecule has 7 nitrogen and oxygen atoms in total. The minimum Gasteiger partial charge on any atom is -0.469 e. The summed E-state index contributed by atoms with van der Waals surface area (Å²) in [4.78, 5) is 35.1. The number of anilines is 1. The van der Waals surface area contributed by atoms with Gasteiger partial charge in [-0.05, 0) is 31.0 Å². The fraction of sp³-hybridized carbons (Fsp3) is 0.444. The van der Waals surface area contributed by atoms with E-state index in [2.05, 4.69) is 31.0 Å². The van der Waals surface area contributed by atoms with Crippen molar-refractivity contribution in [2.45, 2.75) is 31.7 Å². The first-order valence-corrected chi connectivity index (χ1v) is 9.42. The smallest absolute Gasteiger partial charge is 0.310 e. The molecule has 0 unspecified atom stereocenters. The molecule has 1 atom stereocenters. The topological polar surface area (TPSA) is 84.4 Å². The summed E-state index contributed by atoms with van der Waals surface area (Å²) >= 11 is 1.29. The van der Waals surface area contributed by atoms with Crippen LogP contribution < -0.4 is 5.32 Å². The van der Waals surface area contributed by atoms with Gasteiger partial charge in [0.25, 0.3) is 0 Å². The van der Waals surface area contributed by atoms with Crippen molar-refractivity contribution in [1.82, 2.24) is 14.9 Å². The molecule has 0 spiro atoms. The summed E-state index contributed by atoms with van der Waals surface area (Å²) < 4.78 is 4.64. The predicted molar refractivity (Wildman–Crippen MR) is 98.9 cm³/mol. The van der Waals surface area contributed by atoms with Gasteiger partial charge in [0.2, 0.25) is 5.91 Å². The van der Waals surface area contributed by atoms with Crippen molar-refractivity contribution >= 4 is 28.3 Å². The lowest BCUT2D eigenvalue weighted by Crippen LogP contribution is -2.39. The Labute approximate surface area is 156 Å². The van der Waals surface area contributed by atoms with Crippen LogP contribution in [0.1, 0.15) is 35.7 Å². The summed E-state index contributed by atoms with van der Waals surface area (Å²) in [6, 6.07) is 4.21. The van der Waals surface area contributed by atoms with E-state index in [-0.39, 0.29) is 24.3 Å². The van der Waals surface area contributed by atoms with E-state index in [1.54, 1.807) is 12.4 Å². The van der Waals surface area contributed by atoms with Gasteiger partial charge in [-0.3, -0.25) is 19.5 Å². The number of methoxy groups -OCH3 is 1. The van der Waals surface area contributed by atoms with Crippen LogP contribution in [0.4, 0.5) is 5.13 Å². The Morgan fingerprint density at radius 1 is 1.38 bits per heavy atom. The normalized spacial score (nSPS) is 17.7. The molecule has 8 heteroatoms. The number of likely N-dealkylation sites (tertiary alicyclic amines) is 1. The van der Waals surface area contributed by atoms with Crippen molar-refractivity contribution in [1.29, 1.82) is 0 Å². The molecule has 3 rings (SSSR count). The summed E-state index contributed by atoms with van der Waals surface area (Å²) in [5.74, 6) is -0.418. The highest BCUT2D eigenvalue weighted by Crippen LogP contribution is 2.30. The Bertz CT molecular complexity index is 750. The first-order chi connectivity index (χ1) is 12.7. The van der Waals surface area contributed by atoms with E-state index in [9.17, 15) is 9.59 Å². The Morgan fingerprint density at radius 2 is 2.27 bits per heavy atom. The number of hydrogen-bond donors (Lipinski definition) is 1. The first kappa shape index (κ1) is 18.5. The van der Waals surface area contributed by atoms with Gasteiger partial charge in [0.05, 0.1) is 20.1 Å². The number of ether oxygens (including phenoxy) is 1. The van der Waals surface area contributed by atoms with Crippen molar-refractivity contribution in [2.75, 3.05) is 25.5 Å². The van der Waals surface area contributed by atoms with Crippen LogP contribution in [-0.2, 0) is 20.7 Å². The second-order valence-electron chi connectivity index (χ2n) is 6.20. The largest absolute Gasteiger partial charge is 0.469 e. The van der Waals surface area contributed by atoms with E-state index in [4.69, 9.17) is 0 Å². The number of esters is 1. The second-order valence-corrected chi connectivity index (χ2v) is 7.32. The standard InChI is InChI=1S/C18H22N4O3S/c1-25-17(24)9-14-11-20-18(26-14)21-16(23)12-22-8-3-2-6-15(22)13-5-4-7-19-10-13/h4-5,7,10-11,15H,2-3,6,8-9,12H2,1H3,(H,20,21,23)/t15-/m0/s1. The highest BCUT2D eigenvalue weighted by molar-refractivity contribution is 7.15. The maximum Gasteiger partial charge on any atom is 0.310 e. The molecule has 138 valence electrons. The lowest BCUT2D eigenvalue weighted by molar-refractivity contribution is -0.139. The van der Waals surface area contributed by atoms with Crippen LogP contribution in [-0.4, -0.2) is 46.9 Å². The monoisotopic (exact) mass is 374 g/mol. The summed E-state index contributed by atoms with van der Waals surface area (Å²) in [5, 5.41) is 3.34. The van der Waals surface area contributed by atoms with Gasteiger partial charge in [0.15, 0.2) is 5.13 Å². The van der Waals surface area contributed by atoms with Crippen molar-refractivity contribution in [3.8, 4) is 0 Å². The van der Waals surface area contributed by atoms with Crippen LogP contribution in [0.2, 0.25) is 0 Å². The number of carbonyl (C=O) groups excluding carboxylic acids is 2. The van der Waals surface area contributed by atoms with Crippen LogP contribution in [0.15, 0.2) is 30.7 Å². The lowest BCUT2D eigenvalue weighted by Gasteiger charge is -2.35. The Balaban J connectivity index is 1.59. The number of carbonyl (C=O) groups is 2. The number of piperidine rings is 1. The Hall–Kier alpha value is -2.32. The molecule has 2 aromatic heterocycles. The van der Waals surface area contributed by atoms with E-state index in [1.807, 2.05) is 12.3 Å². The average molecular weight is 374 g/mol. The number of amides is 1. The molecule has 1 amide bonds. The number of rotatable bonds is 6. The average Bonchev–Trinajstić information content (AvgIpc) is 3.09. The van der Waals surface area contributed by atoms with Crippen LogP contribution >= 0.6 is 11.3 Å². The molecule has 3 heterocycles. The third-order valence-electron chi connectivity index (χ3n) is 4.38. The van der Waals surface area contributed by atoms with E-state index in [0.29, 0.717) is 11.7 Å². The van der Waals surface area contributed by atoms with E-state index in [1.165, 1.54) is 18.4 Å². The Morgan fingerprint density at radius 3 is 3.04 bits per heavy atom. The molecule has 1 aliphatic rings. The van der Waals surface area contributed by atoms with Gasteiger partial charge in [0, 0.05) is 29.5 Å². The highest BCUT2D eigenvalue weighted by atomic mass is 32.1. The minimum absolute atomic E-state index is 0.0974. The highest BCUT2D eigenvalue weighted by Gasteiger charge is 2.26. The molecule has 1 N–H and O–H groups in total. The number of thiazole rings is 1. The third kappa shape index (κ3) is 4.86. The van der Waals surface area contributed by atoms with Gasteiger partial charge in [-0.1, -0.05) is 12.5 Å². The number of hydrogen-bond acceptors (Lipinski definition) is 7. The summed E-state index contributed by atoms with van der Waals surface area (Å²) in [6.45, 7) is 1.20. The van der Waals surface area contributed by atoms with Crippen LogP contribution in [0.25, 0.3) is 0 Å². The Kier molecular flexibility index (Phi) is 6.30. The third-order valence-corrected chi connectivity index (χ3v) is 5.29. The van der Waals surface area contributed by atoms with Gasteiger partial charge in [-0.2, -0.15) is 0 Å². The molecule has 1 saturated heterocycles. The second kappa shape index (κ2) is 8.86. The van der Waals surface area contributed by atoms with Crippen LogP contribution in [0.3, 0.4) is 0 Å². The van der Waals surface area contributed by atoms with Crippen molar-refractivity contribution in [2.24, 2.45) is 0 Å². The van der Waals surface area contributed by atoms with Crippen molar-refractivity contribution < 1.29 is 14.3 Å². The van der Waals surface area contributed by atoms with E-state index in [0.717, 1.165) is 36.2 Å². The molecule has 2 aromatic rings. The molecule has 1 aliphatic heterocycles. The molecule has 0 aliphatic carbocycles. The van der Waals surface area contributed by atoms with Gasteiger partial charge in [-0.15, -0.1) is 11.3 Å². The zero-order valence-electron chi connectivity index (χ0n) is 14.7. The van der Waals surface area contributed by atoms with Crippen LogP contribution in [0.5, 0.6) is 0 Å². The molecule has 0 aromatic carbocycles. The molecular weight excluding hydrogens is 352 g/mol. The fourth-order valence-corrected chi connectivity index (χ4v) is 3.95. The van der Waals surface area contributed by atoms with Gasteiger partial charge >= 0.3 is 5.97 Å². The van der Waals surface area contributed by atoms with Crippen molar-refractivity contribution in [3.63, 3.8) is 0 Å². The zero-order chi connectivity index (χ0) is 18.4. The van der Waals surface area contributed by atoms with E-state index >= 15 is 0 Å². The number of nitrogens with zero attached hydrogens (tertiary/aromatic N) is 3. The molecule has 0 saturated carbocycles. The SMILES string of the molecule is COC(=O)Cc1cnc(NC(=O)CN2CCCC[C@H]2c2cccnc2)s1. The summed E-state index contributed by atoms with van der Waals surface area (Å²) in [7, 11) is 1.35. The first-order valence-electron chi connectivity index (χ1n) is 8.61.